The molecule has 1 saturated heterocycles. The fraction of sp³-hybridized carbons (Fsp3) is 0.333. The Morgan fingerprint density at radius 2 is 1.77 bits per heavy atom. The number of ether oxygens (including phenoxy) is 2. The second-order valence-electron chi connectivity index (χ2n) is 6.29. The summed E-state index contributed by atoms with van der Waals surface area (Å²) >= 11 is 5.69. The molecule has 0 radical (unpaired) electrons. The van der Waals surface area contributed by atoms with Crippen LogP contribution >= 0.6 is 11.6 Å². The fourth-order valence-corrected chi connectivity index (χ4v) is 5.58. The monoisotopic (exact) mass is 478 g/mol. The van der Waals surface area contributed by atoms with Crippen LogP contribution in [0.5, 0.6) is 5.75 Å². The van der Waals surface area contributed by atoms with E-state index in [0.717, 1.165) is 18.2 Å². The maximum absolute atomic E-state index is 13.4. The summed E-state index contributed by atoms with van der Waals surface area (Å²) in [5.41, 5.74) is -0.0633. The van der Waals surface area contributed by atoms with Crippen molar-refractivity contribution < 1.29 is 30.7 Å². The first-order valence-corrected chi connectivity index (χ1v) is 12.3. The Labute approximate surface area is 179 Å². The number of halogens is 2. The van der Waals surface area contributed by atoms with Crippen molar-refractivity contribution in [3.05, 3.63) is 47.2 Å². The van der Waals surface area contributed by atoms with Crippen molar-refractivity contribution in [2.24, 2.45) is 0 Å². The summed E-state index contributed by atoms with van der Waals surface area (Å²) in [5, 5.41) is -0.355. The van der Waals surface area contributed by atoms with Crippen molar-refractivity contribution in [2.75, 3.05) is 37.6 Å². The summed E-state index contributed by atoms with van der Waals surface area (Å²) in [6, 6.07) is 6.87. The second kappa shape index (κ2) is 9.06. The Kier molecular flexibility index (Phi) is 6.88. The Hall–Kier alpha value is -1.92. The van der Waals surface area contributed by atoms with E-state index in [-0.39, 0.29) is 59.2 Å². The number of anilines is 1. The molecule has 0 aromatic heterocycles. The quantitative estimate of drug-likeness (QED) is 0.656. The molecule has 164 valence electrons. The number of morpholine rings is 1. The average Bonchev–Trinajstić information content (AvgIpc) is 2.71. The van der Waals surface area contributed by atoms with Gasteiger partial charge in [0.25, 0.3) is 10.0 Å². The van der Waals surface area contributed by atoms with E-state index in [2.05, 4.69) is 4.72 Å². The van der Waals surface area contributed by atoms with Crippen LogP contribution in [0.2, 0.25) is 5.02 Å². The van der Waals surface area contributed by atoms with Gasteiger partial charge in [-0.2, -0.15) is 4.31 Å². The summed E-state index contributed by atoms with van der Waals surface area (Å²) in [7, 11) is -8.05. The van der Waals surface area contributed by atoms with Crippen LogP contribution in [-0.4, -0.2) is 54.1 Å². The number of hydrogen-bond donors (Lipinski definition) is 1. The molecule has 0 bridgehead atoms. The normalized spacial score (nSPS) is 15.7. The van der Waals surface area contributed by atoms with Gasteiger partial charge in [-0.3, -0.25) is 4.72 Å². The molecule has 0 amide bonds. The summed E-state index contributed by atoms with van der Waals surface area (Å²) in [6.07, 6.45) is 0. The van der Waals surface area contributed by atoms with Gasteiger partial charge in [-0.05, 0) is 43.3 Å². The van der Waals surface area contributed by atoms with E-state index in [0.29, 0.717) is 0 Å². The fourth-order valence-electron chi connectivity index (χ4n) is 2.81. The minimum absolute atomic E-state index is 0.0633. The van der Waals surface area contributed by atoms with E-state index in [1.54, 1.807) is 6.92 Å². The highest BCUT2D eigenvalue weighted by Gasteiger charge is 2.28. The average molecular weight is 479 g/mol. The zero-order chi connectivity index (χ0) is 21.9. The lowest BCUT2D eigenvalue weighted by molar-refractivity contribution is 0.0730. The third kappa shape index (κ3) is 4.86. The molecule has 3 rings (SSSR count). The minimum atomic E-state index is -4.19. The molecule has 0 saturated carbocycles. The topological polar surface area (TPSA) is 102 Å². The Balaban J connectivity index is 1.99. The van der Waals surface area contributed by atoms with E-state index in [4.69, 9.17) is 21.1 Å². The molecule has 30 heavy (non-hydrogen) atoms. The van der Waals surface area contributed by atoms with Crippen molar-refractivity contribution in [1.29, 1.82) is 0 Å². The third-order valence-electron chi connectivity index (χ3n) is 4.30. The van der Waals surface area contributed by atoms with Gasteiger partial charge in [-0.25, -0.2) is 21.2 Å². The smallest absolute Gasteiger partial charge is 0.262 e. The van der Waals surface area contributed by atoms with Crippen LogP contribution < -0.4 is 9.46 Å². The molecule has 8 nitrogen and oxygen atoms in total. The molecule has 0 aliphatic carbocycles. The highest BCUT2D eigenvalue weighted by Crippen LogP contribution is 2.32. The number of rotatable bonds is 7. The second-order valence-corrected chi connectivity index (χ2v) is 10.3. The number of sulfonamides is 2. The summed E-state index contributed by atoms with van der Waals surface area (Å²) in [4.78, 5) is -0.375. The van der Waals surface area contributed by atoms with Crippen LogP contribution in [0.1, 0.15) is 6.92 Å². The zero-order valence-corrected chi connectivity index (χ0v) is 18.4. The Bertz CT molecular complexity index is 1140. The molecule has 0 unspecified atom stereocenters. The molecule has 1 aliphatic rings. The van der Waals surface area contributed by atoms with Gasteiger partial charge in [0.05, 0.1) is 40.3 Å². The van der Waals surface area contributed by atoms with Crippen molar-refractivity contribution in [2.45, 2.75) is 16.7 Å². The van der Waals surface area contributed by atoms with Crippen molar-refractivity contribution in [3.8, 4) is 5.75 Å². The highest BCUT2D eigenvalue weighted by molar-refractivity contribution is 7.92. The summed E-state index contributed by atoms with van der Waals surface area (Å²) in [6.45, 7) is 2.89. The predicted octanol–water partition coefficient (Wildman–Crippen LogP) is 2.70. The molecule has 1 N–H and O–H groups in total. The maximum Gasteiger partial charge on any atom is 0.262 e. The van der Waals surface area contributed by atoms with Crippen molar-refractivity contribution in [1.82, 2.24) is 4.31 Å². The number of nitrogens with zero attached hydrogens (tertiary/aromatic N) is 1. The largest absolute Gasteiger partial charge is 0.492 e. The highest BCUT2D eigenvalue weighted by atomic mass is 35.5. The van der Waals surface area contributed by atoms with Crippen LogP contribution in [0.3, 0.4) is 0 Å². The lowest BCUT2D eigenvalue weighted by Crippen LogP contribution is -2.40. The number of nitrogens with one attached hydrogen (secondary N) is 1. The van der Waals surface area contributed by atoms with Gasteiger partial charge in [0.15, 0.2) is 0 Å². The molecule has 1 fully saturated rings. The van der Waals surface area contributed by atoms with E-state index in [1.165, 1.54) is 22.5 Å². The first kappa shape index (κ1) is 22.8. The minimum Gasteiger partial charge on any atom is -0.492 e. The lowest BCUT2D eigenvalue weighted by Gasteiger charge is -2.26. The van der Waals surface area contributed by atoms with Crippen LogP contribution in [-0.2, 0) is 24.8 Å². The van der Waals surface area contributed by atoms with Crippen LogP contribution in [0.4, 0.5) is 10.1 Å². The zero-order valence-electron chi connectivity index (χ0n) is 16.0. The van der Waals surface area contributed by atoms with Crippen LogP contribution in [0.25, 0.3) is 0 Å². The molecular weight excluding hydrogens is 459 g/mol. The number of hydrogen-bond acceptors (Lipinski definition) is 6. The van der Waals surface area contributed by atoms with Crippen molar-refractivity contribution >= 4 is 37.3 Å². The van der Waals surface area contributed by atoms with Gasteiger partial charge in [0.2, 0.25) is 10.0 Å². The van der Waals surface area contributed by atoms with Crippen molar-refractivity contribution in [3.63, 3.8) is 0 Å². The van der Waals surface area contributed by atoms with Crippen LogP contribution in [0, 0.1) is 5.82 Å². The van der Waals surface area contributed by atoms with Gasteiger partial charge in [-0.15, -0.1) is 0 Å². The van der Waals surface area contributed by atoms with Gasteiger partial charge in [0.1, 0.15) is 11.6 Å². The molecule has 0 spiro atoms. The first-order chi connectivity index (χ1) is 14.1. The molecule has 0 atom stereocenters. The maximum atomic E-state index is 13.4. The Morgan fingerprint density at radius 3 is 2.40 bits per heavy atom. The molecule has 1 heterocycles. The molecule has 2 aromatic rings. The van der Waals surface area contributed by atoms with E-state index < -0.39 is 25.9 Å². The molecular formula is C18H20ClFN2O6S2. The van der Waals surface area contributed by atoms with E-state index in [1.807, 2.05) is 0 Å². The molecule has 12 heteroatoms. The van der Waals surface area contributed by atoms with Gasteiger partial charge in [-0.1, -0.05) is 11.6 Å². The molecule has 2 aromatic carbocycles. The lowest BCUT2D eigenvalue weighted by atomic mass is 10.3. The SMILES string of the molecule is CCOc1ccc(S(=O)(=O)N2CCOCC2)cc1NS(=O)(=O)c1ccc(F)c(Cl)c1. The first-order valence-electron chi connectivity index (χ1n) is 8.98. The summed E-state index contributed by atoms with van der Waals surface area (Å²) in [5.74, 6) is -0.612. The van der Waals surface area contributed by atoms with Gasteiger partial charge < -0.3 is 9.47 Å². The van der Waals surface area contributed by atoms with Gasteiger partial charge >= 0.3 is 0 Å². The predicted molar refractivity (Wildman–Crippen MR) is 109 cm³/mol. The third-order valence-corrected chi connectivity index (χ3v) is 7.85. The molecule has 1 aliphatic heterocycles. The Morgan fingerprint density at radius 1 is 1.10 bits per heavy atom. The standard InChI is InChI=1S/C18H20ClFN2O6S2/c1-2-28-18-6-4-14(30(25,26)22-7-9-27-10-8-22)12-17(18)21-29(23,24)13-3-5-16(20)15(19)11-13/h3-6,11-12,21H,2,7-10H2,1H3. The van der Waals surface area contributed by atoms with Gasteiger partial charge in [0, 0.05) is 13.1 Å². The van der Waals surface area contributed by atoms with Crippen LogP contribution in [0.15, 0.2) is 46.2 Å². The number of benzene rings is 2. The van der Waals surface area contributed by atoms with E-state index in [9.17, 15) is 21.2 Å². The van der Waals surface area contributed by atoms with E-state index >= 15 is 0 Å². The summed E-state index contributed by atoms with van der Waals surface area (Å²) < 4.78 is 78.9.